The molecule has 34 heavy (non-hydrogen) atoms. The Hall–Kier alpha value is -3.50. The third-order valence-corrected chi connectivity index (χ3v) is 6.71. The molecule has 4 heteroatoms. The third kappa shape index (κ3) is 4.87. The molecule has 1 aromatic heterocycles. The van der Waals surface area contributed by atoms with E-state index in [2.05, 4.69) is 11.0 Å². The fourth-order valence-electron chi connectivity index (χ4n) is 4.92. The summed E-state index contributed by atoms with van der Waals surface area (Å²) in [5.74, 6) is -0.248. The van der Waals surface area contributed by atoms with Gasteiger partial charge in [-0.05, 0) is 55.1 Å². The molecule has 0 radical (unpaired) electrons. The van der Waals surface area contributed by atoms with Gasteiger partial charge in [0.15, 0.2) is 5.78 Å². The van der Waals surface area contributed by atoms with Gasteiger partial charge in [-0.2, -0.15) is 0 Å². The van der Waals surface area contributed by atoms with E-state index in [0.29, 0.717) is 0 Å². The van der Waals surface area contributed by atoms with Crippen molar-refractivity contribution in [2.24, 2.45) is 0 Å². The third-order valence-electron chi connectivity index (χ3n) is 6.71. The molecule has 0 bridgehead atoms. The van der Waals surface area contributed by atoms with E-state index in [1.165, 1.54) is 6.07 Å². The molecule has 5 rings (SSSR count). The van der Waals surface area contributed by atoms with Crippen molar-refractivity contribution >= 4 is 22.3 Å². The first kappa shape index (κ1) is 22.3. The molecule has 4 aromatic rings. The summed E-state index contributed by atoms with van der Waals surface area (Å²) in [6.07, 6.45) is 6.29. The summed E-state index contributed by atoms with van der Waals surface area (Å²) in [4.78, 5) is 15.8. The molecule has 3 nitrogen and oxygen atoms in total. The van der Waals surface area contributed by atoms with Crippen molar-refractivity contribution < 1.29 is 13.6 Å². The maximum Gasteiger partial charge on any atom is 0.170 e. The van der Waals surface area contributed by atoms with Gasteiger partial charge in [0.05, 0.1) is 6.26 Å². The number of hydrogen-bond acceptors (Lipinski definition) is 3. The maximum atomic E-state index is 14.2. The average Bonchev–Trinajstić information content (AvgIpc) is 3.22. The fraction of sp³-hybridized carbons (Fsp3) is 0.233. The van der Waals surface area contributed by atoms with Gasteiger partial charge in [0.2, 0.25) is 0 Å². The van der Waals surface area contributed by atoms with Crippen molar-refractivity contribution in [1.82, 2.24) is 4.90 Å². The van der Waals surface area contributed by atoms with Crippen LogP contribution in [0.15, 0.2) is 95.6 Å². The number of hydrogen-bond donors (Lipinski definition) is 0. The highest BCUT2D eigenvalue weighted by Gasteiger charge is 2.23. The minimum atomic E-state index is -0.240. The maximum absolute atomic E-state index is 14.2. The van der Waals surface area contributed by atoms with Crippen molar-refractivity contribution in [1.29, 1.82) is 0 Å². The van der Waals surface area contributed by atoms with E-state index in [-0.39, 0.29) is 17.5 Å². The number of ketones is 1. The van der Waals surface area contributed by atoms with E-state index in [1.807, 2.05) is 60.7 Å². The first-order valence-electron chi connectivity index (χ1n) is 11.9. The second-order valence-corrected chi connectivity index (χ2v) is 8.88. The van der Waals surface area contributed by atoms with Crippen molar-refractivity contribution in [3.63, 3.8) is 0 Å². The summed E-state index contributed by atoms with van der Waals surface area (Å²) in [6.45, 7) is 2.62. The number of halogens is 1. The number of nitrogens with zero attached hydrogens (tertiary/aromatic N) is 1. The SMILES string of the molecule is O=C(c1ccccc1)C(CCN1CCC=C(c2cc(F)cc3ccoc23)CC1)c1ccccc1. The Bertz CT molecular complexity index is 1290. The molecule has 0 spiro atoms. The zero-order chi connectivity index (χ0) is 23.3. The molecule has 0 amide bonds. The van der Waals surface area contributed by atoms with Crippen LogP contribution in [0.5, 0.6) is 0 Å². The Morgan fingerprint density at radius 1 is 0.971 bits per heavy atom. The molecule has 0 saturated carbocycles. The molecule has 1 unspecified atom stereocenters. The molecule has 1 aliphatic rings. The van der Waals surface area contributed by atoms with Crippen LogP contribution in [0, 0.1) is 5.82 Å². The van der Waals surface area contributed by atoms with E-state index in [9.17, 15) is 9.18 Å². The second-order valence-electron chi connectivity index (χ2n) is 8.88. The lowest BCUT2D eigenvalue weighted by atomic mass is 9.88. The van der Waals surface area contributed by atoms with E-state index in [1.54, 1.807) is 18.4 Å². The van der Waals surface area contributed by atoms with E-state index >= 15 is 0 Å². The molecular weight excluding hydrogens is 425 g/mol. The van der Waals surface area contributed by atoms with Crippen molar-refractivity contribution in [3.8, 4) is 0 Å². The van der Waals surface area contributed by atoms with Crippen LogP contribution in [0.1, 0.15) is 46.7 Å². The summed E-state index contributed by atoms with van der Waals surface area (Å²) in [6, 6.07) is 24.5. The van der Waals surface area contributed by atoms with Crippen LogP contribution < -0.4 is 0 Å². The molecule has 1 atom stereocenters. The molecule has 172 valence electrons. The summed E-state index contributed by atoms with van der Waals surface area (Å²) in [5, 5.41) is 0.794. The van der Waals surface area contributed by atoms with Gasteiger partial charge in [-0.15, -0.1) is 0 Å². The highest BCUT2D eigenvalue weighted by Crippen LogP contribution is 2.31. The van der Waals surface area contributed by atoms with E-state index in [4.69, 9.17) is 4.42 Å². The molecule has 3 aromatic carbocycles. The fourth-order valence-corrected chi connectivity index (χ4v) is 4.92. The number of carbonyl (C=O) groups excluding carboxylic acids is 1. The number of benzene rings is 3. The zero-order valence-electron chi connectivity index (χ0n) is 19.1. The molecule has 0 aliphatic carbocycles. The van der Waals surface area contributed by atoms with Crippen LogP contribution in [-0.4, -0.2) is 30.3 Å². The van der Waals surface area contributed by atoms with Crippen molar-refractivity contribution in [2.75, 3.05) is 19.6 Å². The van der Waals surface area contributed by atoms with Gasteiger partial charge < -0.3 is 9.32 Å². The van der Waals surface area contributed by atoms with Gasteiger partial charge in [0.1, 0.15) is 11.4 Å². The van der Waals surface area contributed by atoms with Crippen molar-refractivity contribution in [2.45, 2.75) is 25.2 Å². The minimum absolute atomic E-state index is 0.167. The molecule has 0 fully saturated rings. The second kappa shape index (κ2) is 10.2. The molecule has 1 aliphatic heterocycles. The Kier molecular flexibility index (Phi) is 6.68. The van der Waals surface area contributed by atoms with Gasteiger partial charge in [0, 0.05) is 35.5 Å². The van der Waals surface area contributed by atoms with Gasteiger partial charge in [0.25, 0.3) is 0 Å². The monoisotopic (exact) mass is 453 g/mol. The highest BCUT2D eigenvalue weighted by molar-refractivity contribution is 6.01. The van der Waals surface area contributed by atoms with E-state index in [0.717, 1.165) is 72.1 Å². The Labute approximate surface area is 199 Å². The predicted molar refractivity (Wildman–Crippen MR) is 134 cm³/mol. The first-order chi connectivity index (χ1) is 16.7. The topological polar surface area (TPSA) is 33.5 Å². The molecule has 0 saturated heterocycles. The Morgan fingerprint density at radius 3 is 2.53 bits per heavy atom. The summed E-state index contributed by atoms with van der Waals surface area (Å²) < 4.78 is 19.8. The van der Waals surface area contributed by atoms with Gasteiger partial charge in [-0.25, -0.2) is 4.39 Å². The number of rotatable bonds is 7. The summed E-state index contributed by atoms with van der Waals surface area (Å²) >= 11 is 0. The van der Waals surface area contributed by atoms with Crippen LogP contribution >= 0.6 is 0 Å². The van der Waals surface area contributed by atoms with Crippen LogP contribution in [0.25, 0.3) is 16.5 Å². The van der Waals surface area contributed by atoms with Crippen LogP contribution in [0.4, 0.5) is 4.39 Å². The largest absolute Gasteiger partial charge is 0.464 e. The number of fused-ring (bicyclic) bond motifs is 1. The molecule has 2 heterocycles. The van der Waals surface area contributed by atoms with Crippen LogP contribution in [0.3, 0.4) is 0 Å². The lowest BCUT2D eigenvalue weighted by Gasteiger charge is -2.24. The van der Waals surface area contributed by atoms with Crippen LogP contribution in [-0.2, 0) is 0 Å². The standard InChI is InChI=1S/C30H28FNO2/c31-26-20-25-15-19-34-30(25)28(21-26)23-12-7-16-32(17-13-23)18-14-27(22-8-3-1-4-9-22)29(33)24-10-5-2-6-11-24/h1-6,8-12,15,19-21,27H,7,13-14,16-18H2. The number of Topliss-reactive ketones (excluding diaryl/α,β-unsaturated/α-hetero) is 1. The smallest absolute Gasteiger partial charge is 0.170 e. The lowest BCUT2D eigenvalue weighted by molar-refractivity contribution is 0.0948. The first-order valence-corrected chi connectivity index (χ1v) is 11.9. The molecule has 0 N–H and O–H groups in total. The average molecular weight is 454 g/mol. The zero-order valence-corrected chi connectivity index (χ0v) is 19.1. The van der Waals surface area contributed by atoms with Gasteiger partial charge in [-0.1, -0.05) is 66.7 Å². The highest BCUT2D eigenvalue weighted by atomic mass is 19.1. The normalized spacial score (nSPS) is 15.6. The van der Waals surface area contributed by atoms with E-state index < -0.39 is 0 Å². The lowest BCUT2D eigenvalue weighted by Crippen LogP contribution is -2.28. The minimum Gasteiger partial charge on any atom is -0.464 e. The summed E-state index contributed by atoms with van der Waals surface area (Å²) in [5.41, 5.74) is 4.54. The quantitative estimate of drug-likeness (QED) is 0.280. The summed E-state index contributed by atoms with van der Waals surface area (Å²) in [7, 11) is 0. The molecular formula is C30H28FNO2. The number of furan rings is 1. The Balaban J connectivity index is 1.29. The van der Waals surface area contributed by atoms with Crippen LogP contribution in [0.2, 0.25) is 0 Å². The number of carbonyl (C=O) groups is 1. The Morgan fingerprint density at radius 2 is 1.74 bits per heavy atom. The van der Waals surface area contributed by atoms with Gasteiger partial charge >= 0.3 is 0 Å². The van der Waals surface area contributed by atoms with Crippen molar-refractivity contribution in [3.05, 3.63) is 114 Å². The predicted octanol–water partition coefficient (Wildman–Crippen LogP) is 7.11. The van der Waals surface area contributed by atoms with Gasteiger partial charge in [-0.3, -0.25) is 4.79 Å².